The van der Waals surface area contributed by atoms with Crippen molar-refractivity contribution in [3.8, 4) is 0 Å². The Morgan fingerprint density at radius 3 is 3.00 bits per heavy atom. The molecule has 1 aliphatic heterocycles. The molecule has 2 N–H and O–H groups in total. The molecule has 0 unspecified atom stereocenters. The number of fused-ring (bicyclic) bond motifs is 1. The molecule has 0 amide bonds. The van der Waals surface area contributed by atoms with Crippen LogP contribution < -0.4 is 5.73 Å². The Morgan fingerprint density at radius 1 is 1.39 bits per heavy atom. The van der Waals surface area contributed by atoms with Crippen molar-refractivity contribution in [1.82, 2.24) is 9.38 Å². The van der Waals surface area contributed by atoms with Gasteiger partial charge in [0.1, 0.15) is 5.82 Å². The van der Waals surface area contributed by atoms with Crippen LogP contribution in [0.5, 0.6) is 0 Å². The third-order valence-corrected chi connectivity index (χ3v) is 4.82. The van der Waals surface area contributed by atoms with Crippen LogP contribution in [-0.2, 0) is 13.0 Å². The van der Waals surface area contributed by atoms with Gasteiger partial charge in [-0.1, -0.05) is 6.07 Å². The van der Waals surface area contributed by atoms with E-state index in [0.29, 0.717) is 6.54 Å². The van der Waals surface area contributed by atoms with Gasteiger partial charge in [0.2, 0.25) is 0 Å². The Kier molecular flexibility index (Phi) is 3.57. The molecule has 0 saturated carbocycles. The van der Waals surface area contributed by atoms with Crippen LogP contribution in [0.15, 0.2) is 24.5 Å². The first kappa shape index (κ1) is 12.1. The summed E-state index contributed by atoms with van der Waals surface area (Å²) in [4.78, 5) is 4.60. The Balaban J connectivity index is 1.88. The summed E-state index contributed by atoms with van der Waals surface area (Å²) >= 11 is 2.08. The smallest absolute Gasteiger partial charge is 0.113 e. The summed E-state index contributed by atoms with van der Waals surface area (Å²) in [5.41, 5.74) is 8.11. The number of pyridine rings is 1. The average Bonchev–Trinajstić information content (AvgIpc) is 2.83. The van der Waals surface area contributed by atoms with Crippen molar-refractivity contribution in [3.63, 3.8) is 0 Å². The first-order valence-electron chi connectivity index (χ1n) is 6.60. The van der Waals surface area contributed by atoms with Gasteiger partial charge < -0.3 is 10.1 Å². The summed E-state index contributed by atoms with van der Waals surface area (Å²) in [6.45, 7) is 0.579. The fourth-order valence-corrected chi connectivity index (χ4v) is 3.87. The summed E-state index contributed by atoms with van der Waals surface area (Å²) < 4.78 is 2.21. The van der Waals surface area contributed by atoms with E-state index in [1.807, 2.05) is 6.20 Å². The molecule has 1 fully saturated rings. The van der Waals surface area contributed by atoms with Crippen LogP contribution in [0, 0.1) is 5.92 Å². The van der Waals surface area contributed by atoms with Gasteiger partial charge >= 0.3 is 0 Å². The predicted molar refractivity (Wildman–Crippen MR) is 76.8 cm³/mol. The maximum absolute atomic E-state index is 5.77. The zero-order valence-electron chi connectivity index (χ0n) is 10.5. The summed E-state index contributed by atoms with van der Waals surface area (Å²) in [5.74, 6) is 4.61. The predicted octanol–water partition coefficient (Wildman–Crippen LogP) is 2.48. The lowest BCUT2D eigenvalue weighted by molar-refractivity contribution is 0.475. The van der Waals surface area contributed by atoms with Gasteiger partial charge in [0.15, 0.2) is 0 Å². The largest absolute Gasteiger partial charge is 0.326 e. The van der Waals surface area contributed by atoms with E-state index in [2.05, 4.69) is 39.5 Å². The molecule has 4 heteroatoms. The normalized spacial score (nSPS) is 17.4. The highest BCUT2D eigenvalue weighted by molar-refractivity contribution is 7.99. The van der Waals surface area contributed by atoms with Gasteiger partial charge in [-0.3, -0.25) is 0 Å². The number of thioether (sulfide) groups is 1. The zero-order chi connectivity index (χ0) is 12.4. The first-order valence-corrected chi connectivity index (χ1v) is 7.75. The molecule has 2 aromatic rings. The first-order chi connectivity index (χ1) is 8.88. The second kappa shape index (κ2) is 5.33. The van der Waals surface area contributed by atoms with E-state index in [4.69, 9.17) is 5.73 Å². The quantitative estimate of drug-likeness (QED) is 0.923. The zero-order valence-corrected chi connectivity index (χ0v) is 11.3. The molecule has 0 aromatic carbocycles. The summed E-state index contributed by atoms with van der Waals surface area (Å²) in [6.07, 6.45) is 7.83. The standard InChI is InChI=1S/C14H19N3S/c15-9-12-2-1-5-17-13(12)10-16-14(17)8-11-3-6-18-7-4-11/h1-2,5,10-11H,3-4,6-9,15H2. The van der Waals surface area contributed by atoms with Gasteiger partial charge in [-0.25, -0.2) is 4.98 Å². The molecule has 0 spiro atoms. The van der Waals surface area contributed by atoms with Crippen LogP contribution in [0.25, 0.3) is 5.52 Å². The van der Waals surface area contributed by atoms with Gasteiger partial charge in [-0.05, 0) is 41.9 Å². The van der Waals surface area contributed by atoms with Gasteiger partial charge in [-0.2, -0.15) is 11.8 Å². The Labute approximate surface area is 112 Å². The number of nitrogens with zero attached hydrogens (tertiary/aromatic N) is 2. The number of aromatic nitrogens is 2. The minimum atomic E-state index is 0.579. The number of hydrogen-bond acceptors (Lipinski definition) is 3. The summed E-state index contributed by atoms with van der Waals surface area (Å²) in [7, 11) is 0. The van der Waals surface area contributed by atoms with Crippen molar-refractivity contribution in [2.24, 2.45) is 11.7 Å². The molecule has 3 nitrogen and oxygen atoms in total. The molecule has 3 rings (SSSR count). The van der Waals surface area contributed by atoms with Crippen molar-refractivity contribution < 1.29 is 0 Å². The number of nitrogens with two attached hydrogens (primary N) is 1. The lowest BCUT2D eigenvalue weighted by atomic mass is 9.98. The molecule has 0 aliphatic carbocycles. The van der Waals surface area contributed by atoms with Gasteiger partial charge in [0.25, 0.3) is 0 Å². The maximum Gasteiger partial charge on any atom is 0.113 e. The fraction of sp³-hybridized carbons (Fsp3) is 0.500. The third kappa shape index (κ3) is 2.27. The van der Waals surface area contributed by atoms with E-state index < -0.39 is 0 Å². The Hall–Kier alpha value is -1.00. The molecule has 1 aliphatic rings. The molecule has 3 heterocycles. The number of hydrogen-bond donors (Lipinski definition) is 1. The third-order valence-electron chi connectivity index (χ3n) is 3.77. The van der Waals surface area contributed by atoms with Crippen LogP contribution in [0.3, 0.4) is 0 Å². The average molecular weight is 261 g/mol. The molecule has 0 bridgehead atoms. The SMILES string of the molecule is NCc1cccn2c(CC3CCSCC3)ncc12. The van der Waals surface area contributed by atoms with E-state index in [-0.39, 0.29) is 0 Å². The lowest BCUT2D eigenvalue weighted by Crippen LogP contribution is -2.14. The molecule has 18 heavy (non-hydrogen) atoms. The van der Waals surface area contributed by atoms with E-state index in [1.54, 1.807) is 0 Å². The van der Waals surface area contributed by atoms with Crippen molar-refractivity contribution in [3.05, 3.63) is 35.9 Å². The lowest BCUT2D eigenvalue weighted by Gasteiger charge is -2.20. The van der Waals surface area contributed by atoms with Crippen LogP contribution >= 0.6 is 11.8 Å². The van der Waals surface area contributed by atoms with E-state index in [1.165, 1.54) is 41.3 Å². The van der Waals surface area contributed by atoms with Crippen LogP contribution in [0.4, 0.5) is 0 Å². The highest BCUT2D eigenvalue weighted by Crippen LogP contribution is 2.26. The van der Waals surface area contributed by atoms with Crippen molar-refractivity contribution >= 4 is 17.3 Å². The molecular weight excluding hydrogens is 242 g/mol. The van der Waals surface area contributed by atoms with Crippen LogP contribution in [0.1, 0.15) is 24.2 Å². The minimum Gasteiger partial charge on any atom is -0.326 e. The van der Waals surface area contributed by atoms with Crippen LogP contribution in [-0.4, -0.2) is 20.9 Å². The fourth-order valence-electron chi connectivity index (χ4n) is 2.67. The topological polar surface area (TPSA) is 43.3 Å². The Bertz CT molecular complexity index is 529. The second-order valence-electron chi connectivity index (χ2n) is 4.93. The minimum absolute atomic E-state index is 0.579. The number of imidazole rings is 1. The monoisotopic (exact) mass is 261 g/mol. The summed E-state index contributed by atoms with van der Waals surface area (Å²) in [6, 6.07) is 4.15. The molecule has 0 atom stereocenters. The van der Waals surface area contributed by atoms with Crippen molar-refractivity contribution in [2.75, 3.05) is 11.5 Å². The van der Waals surface area contributed by atoms with Crippen molar-refractivity contribution in [2.45, 2.75) is 25.8 Å². The molecule has 0 radical (unpaired) electrons. The van der Waals surface area contributed by atoms with Gasteiger partial charge in [-0.15, -0.1) is 0 Å². The molecule has 1 saturated heterocycles. The Morgan fingerprint density at radius 2 is 2.22 bits per heavy atom. The van der Waals surface area contributed by atoms with E-state index >= 15 is 0 Å². The molecule has 96 valence electrons. The summed E-state index contributed by atoms with van der Waals surface area (Å²) in [5, 5.41) is 0. The van der Waals surface area contributed by atoms with Crippen LogP contribution in [0.2, 0.25) is 0 Å². The number of rotatable bonds is 3. The van der Waals surface area contributed by atoms with Gasteiger partial charge in [0.05, 0.1) is 11.7 Å². The van der Waals surface area contributed by atoms with Crippen molar-refractivity contribution in [1.29, 1.82) is 0 Å². The molecular formula is C14H19N3S. The van der Waals surface area contributed by atoms with E-state index in [9.17, 15) is 0 Å². The highest BCUT2D eigenvalue weighted by Gasteiger charge is 2.17. The van der Waals surface area contributed by atoms with E-state index in [0.717, 1.165) is 12.3 Å². The second-order valence-corrected chi connectivity index (χ2v) is 6.15. The maximum atomic E-state index is 5.77. The molecule has 2 aromatic heterocycles. The highest BCUT2D eigenvalue weighted by atomic mass is 32.2. The van der Waals surface area contributed by atoms with Gasteiger partial charge in [0, 0.05) is 19.2 Å².